The first kappa shape index (κ1) is 9.70. The first-order valence-electron chi connectivity index (χ1n) is 5.83. The Hall–Kier alpha value is -1.51. The van der Waals surface area contributed by atoms with Crippen molar-refractivity contribution in [1.82, 2.24) is 4.90 Å². The van der Waals surface area contributed by atoms with Crippen molar-refractivity contribution in [3.05, 3.63) is 29.3 Å². The quantitative estimate of drug-likeness (QED) is 0.777. The lowest BCUT2D eigenvalue weighted by Crippen LogP contribution is -2.36. The van der Waals surface area contributed by atoms with Crippen molar-refractivity contribution in [3.8, 4) is 5.75 Å². The predicted molar refractivity (Wildman–Crippen MR) is 60.0 cm³/mol. The molecule has 3 nitrogen and oxygen atoms in total. The minimum Gasteiger partial charge on any atom is -0.508 e. The molecule has 0 unspecified atom stereocenters. The molecule has 0 spiro atoms. The number of nitrogens with zero attached hydrogens (tertiary/aromatic N) is 1. The Morgan fingerprint density at radius 3 is 2.88 bits per heavy atom. The normalized spacial score (nSPS) is 19.4. The molecule has 0 bridgehead atoms. The summed E-state index contributed by atoms with van der Waals surface area (Å²) in [5.74, 6) is 0.882. The summed E-state index contributed by atoms with van der Waals surface area (Å²) in [6.07, 6.45) is 3.03. The van der Waals surface area contributed by atoms with E-state index in [0.717, 1.165) is 31.4 Å². The Bertz CT molecular complexity index is 438. The van der Waals surface area contributed by atoms with Crippen LogP contribution in [0.2, 0.25) is 0 Å². The van der Waals surface area contributed by atoms with E-state index in [1.165, 1.54) is 5.56 Å². The van der Waals surface area contributed by atoms with Gasteiger partial charge in [-0.25, -0.2) is 0 Å². The van der Waals surface area contributed by atoms with Crippen molar-refractivity contribution in [1.29, 1.82) is 0 Å². The van der Waals surface area contributed by atoms with Gasteiger partial charge in [-0.3, -0.25) is 4.79 Å². The minimum absolute atomic E-state index is 0.291. The second-order valence-electron chi connectivity index (χ2n) is 4.74. The Morgan fingerprint density at radius 1 is 1.31 bits per heavy atom. The van der Waals surface area contributed by atoms with Gasteiger partial charge in [0, 0.05) is 19.0 Å². The fourth-order valence-corrected chi connectivity index (χ4v) is 2.32. The summed E-state index contributed by atoms with van der Waals surface area (Å²) in [6, 6.07) is 5.46. The number of hydrogen-bond acceptors (Lipinski definition) is 2. The summed E-state index contributed by atoms with van der Waals surface area (Å²) in [6.45, 7) is 1.49. The van der Waals surface area contributed by atoms with E-state index in [1.807, 2.05) is 11.0 Å². The monoisotopic (exact) mass is 217 g/mol. The van der Waals surface area contributed by atoms with Gasteiger partial charge in [-0.15, -0.1) is 0 Å². The molecule has 1 aromatic rings. The van der Waals surface area contributed by atoms with Crippen LogP contribution >= 0.6 is 0 Å². The predicted octanol–water partition coefficient (Wildman–Crippen LogP) is 1.69. The molecule has 1 heterocycles. The van der Waals surface area contributed by atoms with Gasteiger partial charge in [0.2, 0.25) is 5.91 Å². The van der Waals surface area contributed by atoms with Crippen molar-refractivity contribution in [3.63, 3.8) is 0 Å². The number of carbonyl (C=O) groups excluding carboxylic acids is 1. The zero-order valence-corrected chi connectivity index (χ0v) is 9.15. The first-order valence-corrected chi connectivity index (χ1v) is 5.83. The number of rotatable bonds is 1. The SMILES string of the molecule is O=C(C1CC1)N1CCc2ccc(O)cc2C1. The topological polar surface area (TPSA) is 40.5 Å². The second-order valence-corrected chi connectivity index (χ2v) is 4.74. The van der Waals surface area contributed by atoms with Gasteiger partial charge in [0.1, 0.15) is 5.75 Å². The van der Waals surface area contributed by atoms with Crippen LogP contribution in [-0.2, 0) is 17.8 Å². The number of fused-ring (bicyclic) bond motifs is 1. The van der Waals surface area contributed by atoms with Gasteiger partial charge < -0.3 is 10.0 Å². The third-order valence-corrected chi connectivity index (χ3v) is 3.44. The largest absolute Gasteiger partial charge is 0.508 e. The van der Waals surface area contributed by atoms with E-state index in [2.05, 4.69) is 0 Å². The smallest absolute Gasteiger partial charge is 0.225 e. The molecule has 1 fully saturated rings. The second kappa shape index (κ2) is 3.51. The third-order valence-electron chi connectivity index (χ3n) is 3.44. The number of phenols is 1. The molecular weight excluding hydrogens is 202 g/mol. The van der Waals surface area contributed by atoms with Gasteiger partial charge in [0.05, 0.1) is 0 Å². The number of aromatic hydroxyl groups is 1. The summed E-state index contributed by atoms with van der Waals surface area (Å²) < 4.78 is 0. The average Bonchev–Trinajstić information content (AvgIpc) is 3.11. The van der Waals surface area contributed by atoms with Crippen molar-refractivity contribution in [2.45, 2.75) is 25.8 Å². The molecule has 0 aromatic heterocycles. The fourth-order valence-electron chi connectivity index (χ4n) is 2.32. The van der Waals surface area contributed by atoms with Crippen LogP contribution in [0.15, 0.2) is 18.2 Å². The maximum Gasteiger partial charge on any atom is 0.225 e. The summed E-state index contributed by atoms with van der Waals surface area (Å²) in [7, 11) is 0. The van der Waals surface area contributed by atoms with Gasteiger partial charge in [-0.2, -0.15) is 0 Å². The molecule has 3 heteroatoms. The summed E-state index contributed by atoms with van der Waals surface area (Å²) in [5, 5.41) is 9.43. The zero-order chi connectivity index (χ0) is 11.1. The first-order chi connectivity index (χ1) is 7.74. The van der Waals surface area contributed by atoms with Crippen LogP contribution in [0.1, 0.15) is 24.0 Å². The Kier molecular flexibility index (Phi) is 2.13. The van der Waals surface area contributed by atoms with Gasteiger partial charge in [0.25, 0.3) is 0 Å². The van der Waals surface area contributed by atoms with E-state index in [4.69, 9.17) is 0 Å². The van der Waals surface area contributed by atoms with E-state index in [0.29, 0.717) is 24.1 Å². The molecule has 1 N–H and O–H groups in total. The third kappa shape index (κ3) is 1.66. The summed E-state index contributed by atoms with van der Waals surface area (Å²) in [4.78, 5) is 13.8. The highest BCUT2D eigenvalue weighted by atomic mass is 16.3. The molecule has 16 heavy (non-hydrogen) atoms. The van der Waals surface area contributed by atoms with Gasteiger partial charge in [-0.1, -0.05) is 6.07 Å². The molecule has 0 radical (unpaired) electrons. The zero-order valence-electron chi connectivity index (χ0n) is 9.15. The lowest BCUT2D eigenvalue weighted by Gasteiger charge is -2.29. The highest BCUT2D eigenvalue weighted by Gasteiger charge is 2.34. The molecule has 3 rings (SSSR count). The number of benzene rings is 1. The molecule has 1 aliphatic heterocycles. The maximum atomic E-state index is 11.9. The van der Waals surface area contributed by atoms with E-state index < -0.39 is 0 Å². The van der Waals surface area contributed by atoms with E-state index in [-0.39, 0.29) is 0 Å². The average molecular weight is 217 g/mol. The van der Waals surface area contributed by atoms with Crippen LogP contribution in [0.4, 0.5) is 0 Å². The van der Waals surface area contributed by atoms with Gasteiger partial charge in [0.15, 0.2) is 0 Å². The van der Waals surface area contributed by atoms with E-state index >= 15 is 0 Å². The lowest BCUT2D eigenvalue weighted by molar-refractivity contribution is -0.133. The van der Waals surface area contributed by atoms with Crippen LogP contribution in [0.5, 0.6) is 5.75 Å². The maximum absolute atomic E-state index is 11.9. The van der Waals surface area contributed by atoms with Crippen LogP contribution < -0.4 is 0 Å². The lowest BCUT2D eigenvalue weighted by atomic mass is 9.99. The van der Waals surface area contributed by atoms with Crippen molar-refractivity contribution < 1.29 is 9.90 Å². The Morgan fingerprint density at radius 2 is 2.12 bits per heavy atom. The number of phenolic OH excluding ortho intramolecular Hbond substituents is 1. The number of carbonyl (C=O) groups is 1. The minimum atomic E-state index is 0.291. The van der Waals surface area contributed by atoms with E-state index in [1.54, 1.807) is 12.1 Å². The van der Waals surface area contributed by atoms with Crippen molar-refractivity contribution >= 4 is 5.91 Å². The Labute approximate surface area is 94.7 Å². The molecule has 84 valence electrons. The molecule has 0 saturated heterocycles. The molecule has 2 aliphatic rings. The molecule has 0 atom stereocenters. The fraction of sp³-hybridized carbons (Fsp3) is 0.462. The van der Waals surface area contributed by atoms with Crippen LogP contribution in [0.3, 0.4) is 0 Å². The summed E-state index contributed by atoms with van der Waals surface area (Å²) in [5.41, 5.74) is 2.36. The van der Waals surface area contributed by atoms with Gasteiger partial charge >= 0.3 is 0 Å². The molecular formula is C13H15NO2. The standard InChI is InChI=1S/C13H15NO2/c15-12-4-3-9-5-6-14(8-11(9)7-12)13(16)10-1-2-10/h3-4,7,10,15H,1-2,5-6,8H2. The molecule has 1 aliphatic carbocycles. The van der Waals surface area contributed by atoms with Crippen LogP contribution in [0, 0.1) is 5.92 Å². The highest BCUT2D eigenvalue weighted by molar-refractivity contribution is 5.81. The molecule has 1 aromatic carbocycles. The molecule has 1 amide bonds. The highest BCUT2D eigenvalue weighted by Crippen LogP contribution is 2.33. The Balaban J connectivity index is 1.81. The number of hydrogen-bond donors (Lipinski definition) is 1. The summed E-state index contributed by atoms with van der Waals surface area (Å²) >= 11 is 0. The van der Waals surface area contributed by atoms with Gasteiger partial charge in [-0.05, 0) is 42.5 Å². The van der Waals surface area contributed by atoms with E-state index in [9.17, 15) is 9.90 Å². The van der Waals surface area contributed by atoms with Crippen molar-refractivity contribution in [2.24, 2.45) is 5.92 Å². The van der Waals surface area contributed by atoms with Crippen LogP contribution in [-0.4, -0.2) is 22.5 Å². The molecule has 1 saturated carbocycles. The number of amides is 1. The van der Waals surface area contributed by atoms with Crippen LogP contribution in [0.25, 0.3) is 0 Å². The van der Waals surface area contributed by atoms with Crippen molar-refractivity contribution in [2.75, 3.05) is 6.54 Å².